The lowest BCUT2D eigenvalue weighted by Gasteiger charge is -2.37. The van der Waals surface area contributed by atoms with Gasteiger partial charge in [0.15, 0.2) is 11.9 Å². The molecule has 57 heavy (non-hydrogen) atoms. The van der Waals surface area contributed by atoms with Gasteiger partial charge in [0, 0.05) is 0 Å². The molecule has 2 aromatic carbocycles. The molecule has 1 heterocycles. The molecule has 2 unspecified atom stereocenters. The average Bonchev–Trinajstić information content (AvgIpc) is 3.49. The second kappa shape index (κ2) is 20.1. The normalized spacial score (nSPS) is 20.4. The number of hydrogen-bond donors (Lipinski definition) is 1. The first-order valence-corrected chi connectivity index (χ1v) is 19.6. The molecule has 0 amide bonds. The van der Waals surface area contributed by atoms with Crippen molar-refractivity contribution in [3.05, 3.63) is 142 Å². The van der Waals surface area contributed by atoms with E-state index in [0.29, 0.717) is 5.57 Å². The molecule has 0 aromatic heterocycles. The average molecular weight is 800 g/mol. The monoisotopic (exact) mass is 799 g/mol. The number of phosphoric acid groups is 1. The van der Waals surface area contributed by atoms with E-state index in [9.17, 15) is 28.8 Å². The van der Waals surface area contributed by atoms with Crippen LogP contribution in [0.1, 0.15) is 75.1 Å². The zero-order valence-corrected chi connectivity index (χ0v) is 33.5. The number of rotatable bonds is 17. The van der Waals surface area contributed by atoms with Gasteiger partial charge in [-0.1, -0.05) is 97.8 Å². The third-order valence-corrected chi connectivity index (χ3v) is 10.4. The number of allylic oxidation sites excluding steroid dienone is 9. The molecule has 14 heteroatoms. The van der Waals surface area contributed by atoms with Gasteiger partial charge in [-0.2, -0.15) is 5.26 Å². The molecule has 2 aromatic rings. The SMILES string of the molecule is C/C=C(C)/C=C/C=C(C)/C=C/C1=C(C)C(=O)C(OP(=O)(OCCC#N)OC[C@H](O)[C@H]2OC(=O)C(OC(=O)c3ccccc3)=C2OC(=O)c2ccccc2)CC1(C)C. The Morgan fingerprint density at radius 3 is 2.19 bits per heavy atom. The van der Waals surface area contributed by atoms with Gasteiger partial charge in [0.2, 0.25) is 5.76 Å². The smallest absolute Gasteiger partial charge is 0.445 e. The highest BCUT2D eigenvalue weighted by Crippen LogP contribution is 2.54. The molecule has 0 spiro atoms. The Kier molecular flexibility index (Phi) is 15.6. The van der Waals surface area contributed by atoms with Gasteiger partial charge in [-0.05, 0) is 74.9 Å². The third kappa shape index (κ3) is 12.0. The number of benzene rings is 2. The van der Waals surface area contributed by atoms with Crippen LogP contribution >= 0.6 is 7.82 Å². The van der Waals surface area contributed by atoms with Gasteiger partial charge in [-0.3, -0.25) is 18.4 Å². The number of esters is 3. The van der Waals surface area contributed by atoms with Crippen molar-refractivity contribution in [3.63, 3.8) is 0 Å². The van der Waals surface area contributed by atoms with Crippen LogP contribution in [-0.4, -0.2) is 60.3 Å². The fourth-order valence-corrected chi connectivity index (χ4v) is 7.10. The van der Waals surface area contributed by atoms with E-state index in [-0.39, 0.29) is 24.0 Å². The van der Waals surface area contributed by atoms with Crippen LogP contribution in [0.3, 0.4) is 0 Å². The summed E-state index contributed by atoms with van der Waals surface area (Å²) in [6.07, 6.45) is 6.45. The Bertz CT molecular complexity index is 2100. The Morgan fingerprint density at radius 1 is 0.982 bits per heavy atom. The van der Waals surface area contributed by atoms with Gasteiger partial charge in [-0.25, -0.2) is 18.9 Å². The number of ether oxygens (including phenoxy) is 3. The van der Waals surface area contributed by atoms with Crippen LogP contribution in [-0.2, 0) is 41.9 Å². The fourth-order valence-electron chi connectivity index (χ4n) is 5.77. The predicted octanol–water partition coefficient (Wildman–Crippen LogP) is 7.98. The van der Waals surface area contributed by atoms with E-state index in [1.807, 2.05) is 77.1 Å². The summed E-state index contributed by atoms with van der Waals surface area (Å²) in [6, 6.07) is 17.2. The molecule has 13 nitrogen and oxygen atoms in total. The molecule has 0 fully saturated rings. The molecule has 4 atom stereocenters. The Balaban J connectivity index is 1.57. The lowest BCUT2D eigenvalue weighted by atomic mass is 9.71. The molecular weight excluding hydrogens is 753 g/mol. The molecular formula is C43H46NO12P. The lowest BCUT2D eigenvalue weighted by Crippen LogP contribution is -2.38. The van der Waals surface area contributed by atoms with Crippen LogP contribution in [0.5, 0.6) is 0 Å². The number of phosphoric ester groups is 1. The first kappa shape index (κ1) is 44.2. The molecule has 300 valence electrons. The number of hydrogen-bond acceptors (Lipinski definition) is 13. The van der Waals surface area contributed by atoms with Crippen molar-refractivity contribution in [1.82, 2.24) is 0 Å². The number of carbonyl (C=O) groups is 4. The van der Waals surface area contributed by atoms with Crippen molar-refractivity contribution in [2.45, 2.75) is 72.7 Å². The molecule has 0 bridgehead atoms. The second-order valence-electron chi connectivity index (χ2n) is 13.8. The van der Waals surface area contributed by atoms with Crippen molar-refractivity contribution in [2.75, 3.05) is 13.2 Å². The van der Waals surface area contributed by atoms with Crippen molar-refractivity contribution < 1.29 is 56.6 Å². The second-order valence-corrected chi connectivity index (χ2v) is 15.4. The van der Waals surface area contributed by atoms with Crippen molar-refractivity contribution in [2.24, 2.45) is 5.41 Å². The minimum atomic E-state index is -4.74. The Labute approximate surface area is 332 Å². The number of ketones is 1. The van der Waals surface area contributed by atoms with Crippen LogP contribution in [0.15, 0.2) is 131 Å². The van der Waals surface area contributed by atoms with Crippen LogP contribution in [0.4, 0.5) is 0 Å². The van der Waals surface area contributed by atoms with E-state index in [1.54, 1.807) is 43.3 Å². The van der Waals surface area contributed by atoms with Crippen molar-refractivity contribution in [1.29, 1.82) is 5.26 Å². The maximum absolute atomic E-state index is 14.1. The summed E-state index contributed by atoms with van der Waals surface area (Å²) in [7, 11) is -4.74. The highest BCUT2D eigenvalue weighted by molar-refractivity contribution is 7.48. The maximum atomic E-state index is 14.1. The summed E-state index contributed by atoms with van der Waals surface area (Å²) < 4.78 is 46.9. The standard InChI is InChI=1S/C43H46NO12P/c1-7-28(2)16-14-17-29(3)22-23-33-30(4)36(46)35(26-43(33,5)6)56-57(50,51-25-15-24-44)52-27-34(45)37-38(54-40(47)31-18-10-8-11-19-31)39(42(49)53-37)55-41(48)32-20-12-9-13-21-32/h7-14,16-23,34-35,37,45H,15,25-27H2,1-6H3/b16-14+,23-22+,28-7+,29-17+/t34-,35?,37+,57?/m0/s1. The van der Waals surface area contributed by atoms with Crippen LogP contribution in [0.2, 0.25) is 0 Å². The molecule has 4 rings (SSSR count). The molecule has 0 radical (unpaired) electrons. The summed E-state index contributed by atoms with van der Waals surface area (Å²) in [5.74, 6) is -5.10. The maximum Gasteiger partial charge on any atom is 0.475 e. The summed E-state index contributed by atoms with van der Waals surface area (Å²) in [6.45, 7) is 9.99. The van der Waals surface area contributed by atoms with Crippen LogP contribution in [0.25, 0.3) is 0 Å². The molecule has 2 aliphatic rings. The van der Waals surface area contributed by atoms with Gasteiger partial charge < -0.3 is 19.3 Å². The highest BCUT2D eigenvalue weighted by Gasteiger charge is 2.47. The summed E-state index contributed by atoms with van der Waals surface area (Å²) in [5.41, 5.74) is 2.66. The topological polar surface area (TPSA) is 185 Å². The van der Waals surface area contributed by atoms with Gasteiger partial charge in [0.25, 0.3) is 5.76 Å². The fraction of sp³-hybridized carbons (Fsp3) is 0.326. The molecule has 0 saturated heterocycles. The van der Waals surface area contributed by atoms with E-state index >= 15 is 0 Å². The number of carbonyl (C=O) groups excluding carboxylic acids is 4. The molecule has 1 aliphatic carbocycles. The third-order valence-electron chi connectivity index (χ3n) is 8.97. The van der Waals surface area contributed by atoms with Crippen LogP contribution in [0, 0.1) is 16.7 Å². The van der Waals surface area contributed by atoms with Crippen LogP contribution < -0.4 is 0 Å². The molecule has 1 N–H and O–H groups in total. The minimum Gasteiger partial charge on any atom is -0.445 e. The van der Waals surface area contributed by atoms with E-state index in [2.05, 4.69) is 0 Å². The number of aliphatic hydroxyl groups is 1. The first-order valence-electron chi connectivity index (χ1n) is 18.1. The zero-order valence-electron chi connectivity index (χ0n) is 32.6. The largest absolute Gasteiger partial charge is 0.475 e. The number of Topliss-reactive ketones (excluding diaryl/α,β-unsaturated/α-hetero) is 1. The zero-order chi connectivity index (χ0) is 41.8. The van der Waals surface area contributed by atoms with Crippen molar-refractivity contribution >= 4 is 31.5 Å². The van der Waals surface area contributed by atoms with Gasteiger partial charge in [0.05, 0.1) is 36.8 Å². The van der Waals surface area contributed by atoms with E-state index in [4.69, 9.17) is 33.0 Å². The van der Waals surface area contributed by atoms with E-state index in [1.165, 1.54) is 24.3 Å². The summed E-state index contributed by atoms with van der Waals surface area (Å²) >= 11 is 0. The van der Waals surface area contributed by atoms with Gasteiger partial charge in [0.1, 0.15) is 12.2 Å². The number of nitriles is 1. The first-order chi connectivity index (χ1) is 27.1. The Hall–Kier alpha value is -5.48. The van der Waals surface area contributed by atoms with Gasteiger partial charge in [-0.15, -0.1) is 0 Å². The number of aliphatic hydroxyl groups excluding tert-OH is 1. The highest BCUT2D eigenvalue weighted by atomic mass is 31.2. The Morgan fingerprint density at radius 2 is 1.60 bits per heavy atom. The summed E-state index contributed by atoms with van der Waals surface area (Å²) in [5, 5.41) is 20.4. The quantitative estimate of drug-likeness (QED) is 0.0535. The van der Waals surface area contributed by atoms with Gasteiger partial charge >= 0.3 is 25.7 Å². The van der Waals surface area contributed by atoms with E-state index < -0.39 is 80.0 Å². The predicted molar refractivity (Wildman–Crippen MR) is 209 cm³/mol. The van der Waals surface area contributed by atoms with Crippen molar-refractivity contribution in [3.8, 4) is 6.07 Å². The number of nitrogens with zero attached hydrogens (tertiary/aromatic N) is 1. The number of cyclic esters (lactones) is 1. The molecule has 0 saturated carbocycles. The lowest BCUT2D eigenvalue weighted by molar-refractivity contribution is -0.148. The summed E-state index contributed by atoms with van der Waals surface area (Å²) in [4.78, 5) is 52.8. The molecule has 1 aliphatic heterocycles. The minimum absolute atomic E-state index is 0.0633. The van der Waals surface area contributed by atoms with E-state index in [0.717, 1.165) is 16.7 Å².